The Hall–Kier alpha value is -2.34. The largest absolute Gasteiger partial charge is 0.488 e. The van der Waals surface area contributed by atoms with Gasteiger partial charge in [-0.15, -0.1) is 0 Å². The summed E-state index contributed by atoms with van der Waals surface area (Å²) in [7, 11) is 1.58. The maximum absolute atomic E-state index is 12.2. The summed E-state index contributed by atoms with van der Waals surface area (Å²) in [6.45, 7) is 6.83. The highest BCUT2D eigenvalue weighted by atomic mass is 16.5. The zero-order valence-electron chi connectivity index (χ0n) is 13.9. The molecule has 1 heterocycles. The Morgan fingerprint density at radius 2 is 1.96 bits per heavy atom. The lowest BCUT2D eigenvalue weighted by atomic mass is 10.1. The average Bonchev–Trinajstić information content (AvgIpc) is 2.88. The Balaban J connectivity index is 2.11. The lowest BCUT2D eigenvalue weighted by molar-refractivity contribution is 0.0926. The second kappa shape index (κ2) is 7.78. The monoisotopic (exact) mass is 318 g/mol. The summed E-state index contributed by atoms with van der Waals surface area (Å²) < 4.78 is 16.0. The fraction of sp³-hybridized carbons (Fsp3) is 0.412. The molecule has 2 rings (SSSR count). The molecule has 1 aromatic carbocycles. The van der Waals surface area contributed by atoms with Gasteiger partial charge in [0.15, 0.2) is 5.69 Å². The number of aromatic nitrogens is 1. The van der Waals surface area contributed by atoms with Gasteiger partial charge in [-0.2, -0.15) is 0 Å². The number of aryl methyl sites for hydroxylation is 3. The first-order valence-electron chi connectivity index (χ1n) is 7.46. The third-order valence-corrected chi connectivity index (χ3v) is 3.56. The van der Waals surface area contributed by atoms with Crippen LogP contribution in [0.3, 0.4) is 0 Å². The number of benzene rings is 1. The Morgan fingerprint density at radius 1 is 1.26 bits per heavy atom. The van der Waals surface area contributed by atoms with Crippen molar-refractivity contribution in [3.63, 3.8) is 0 Å². The maximum Gasteiger partial charge on any atom is 0.273 e. The molecule has 1 aromatic heterocycles. The quantitative estimate of drug-likeness (QED) is 0.794. The number of nitrogens with one attached hydrogen (secondary N) is 1. The first-order valence-corrected chi connectivity index (χ1v) is 7.46. The highest BCUT2D eigenvalue weighted by Crippen LogP contribution is 2.24. The van der Waals surface area contributed by atoms with Gasteiger partial charge in [-0.05, 0) is 31.9 Å². The molecule has 0 bridgehead atoms. The van der Waals surface area contributed by atoms with Gasteiger partial charge in [0.25, 0.3) is 5.91 Å². The molecule has 0 atom stereocenters. The molecule has 0 saturated carbocycles. The van der Waals surface area contributed by atoms with Crippen LogP contribution in [0, 0.1) is 20.8 Å². The first-order chi connectivity index (χ1) is 11.0. The number of carbonyl (C=O) groups excluding carboxylic acids is 1. The van der Waals surface area contributed by atoms with E-state index in [1.165, 1.54) is 0 Å². The van der Waals surface area contributed by atoms with Crippen molar-refractivity contribution in [3.8, 4) is 5.75 Å². The number of amides is 1. The molecule has 0 aliphatic carbocycles. The van der Waals surface area contributed by atoms with Crippen molar-refractivity contribution in [2.75, 3.05) is 20.3 Å². The minimum absolute atomic E-state index is 0.230. The van der Waals surface area contributed by atoms with E-state index in [0.717, 1.165) is 16.9 Å². The number of ether oxygens (including phenoxy) is 2. The fourth-order valence-corrected chi connectivity index (χ4v) is 2.26. The summed E-state index contributed by atoms with van der Waals surface area (Å²) >= 11 is 0. The molecular weight excluding hydrogens is 296 g/mol. The number of rotatable bonds is 7. The molecule has 0 unspecified atom stereocenters. The van der Waals surface area contributed by atoms with Crippen molar-refractivity contribution < 1.29 is 18.8 Å². The van der Waals surface area contributed by atoms with Gasteiger partial charge in [0.1, 0.15) is 18.1 Å². The molecule has 0 saturated heterocycles. The molecule has 0 radical (unpaired) electrons. The van der Waals surface area contributed by atoms with Crippen molar-refractivity contribution in [2.24, 2.45) is 0 Å². The summed E-state index contributed by atoms with van der Waals surface area (Å²) in [6, 6.07) is 5.96. The van der Waals surface area contributed by atoms with E-state index in [-0.39, 0.29) is 18.2 Å². The van der Waals surface area contributed by atoms with Gasteiger partial charge in [-0.1, -0.05) is 23.4 Å². The second-order valence-corrected chi connectivity index (χ2v) is 5.32. The van der Waals surface area contributed by atoms with E-state index in [9.17, 15) is 4.79 Å². The molecule has 23 heavy (non-hydrogen) atoms. The minimum atomic E-state index is -0.293. The third-order valence-electron chi connectivity index (χ3n) is 3.56. The smallest absolute Gasteiger partial charge is 0.273 e. The summed E-state index contributed by atoms with van der Waals surface area (Å²) in [5.41, 5.74) is 3.00. The Labute approximate surface area is 135 Å². The Kier molecular flexibility index (Phi) is 5.76. The molecule has 1 N–H and O–H groups in total. The van der Waals surface area contributed by atoms with Gasteiger partial charge in [0.05, 0.1) is 12.2 Å². The zero-order chi connectivity index (χ0) is 16.8. The van der Waals surface area contributed by atoms with Gasteiger partial charge in [-0.25, -0.2) is 0 Å². The fourth-order valence-electron chi connectivity index (χ4n) is 2.26. The van der Waals surface area contributed by atoms with Crippen LogP contribution in [0.25, 0.3) is 0 Å². The Bertz CT molecular complexity index is 659. The molecule has 0 spiro atoms. The zero-order valence-corrected chi connectivity index (χ0v) is 13.9. The molecule has 0 aliphatic rings. The molecule has 0 fully saturated rings. The van der Waals surface area contributed by atoms with E-state index in [1.54, 1.807) is 14.0 Å². The molecule has 2 aromatic rings. The maximum atomic E-state index is 12.2. The van der Waals surface area contributed by atoms with Crippen molar-refractivity contribution in [1.82, 2.24) is 10.5 Å². The average molecular weight is 318 g/mol. The predicted octanol–water partition coefficient (Wildman–Crippen LogP) is 2.56. The van der Waals surface area contributed by atoms with Crippen LogP contribution in [-0.4, -0.2) is 31.3 Å². The van der Waals surface area contributed by atoms with Gasteiger partial charge >= 0.3 is 0 Å². The van der Waals surface area contributed by atoms with E-state index in [1.807, 2.05) is 32.0 Å². The molecular formula is C17H22N2O4. The standard InChI is InChI=1S/C17H22N2O4/c1-11-6-5-7-12(2)16(11)22-10-14-13(3)23-19-15(14)17(20)18-8-9-21-4/h5-7H,8-10H2,1-4H3,(H,18,20). The van der Waals surface area contributed by atoms with Crippen LogP contribution in [0.15, 0.2) is 22.7 Å². The van der Waals surface area contributed by atoms with E-state index in [4.69, 9.17) is 14.0 Å². The number of nitrogens with zero attached hydrogens (tertiary/aromatic N) is 1. The van der Waals surface area contributed by atoms with Crippen LogP contribution in [-0.2, 0) is 11.3 Å². The number of methoxy groups -OCH3 is 1. The SMILES string of the molecule is COCCNC(=O)c1noc(C)c1COc1c(C)cccc1C. The van der Waals surface area contributed by atoms with Gasteiger partial charge in [-0.3, -0.25) is 4.79 Å². The third kappa shape index (κ3) is 4.10. The van der Waals surface area contributed by atoms with Crippen LogP contribution in [0.4, 0.5) is 0 Å². The molecule has 6 nitrogen and oxygen atoms in total. The van der Waals surface area contributed by atoms with Crippen molar-refractivity contribution in [3.05, 3.63) is 46.3 Å². The molecule has 0 aliphatic heterocycles. The van der Waals surface area contributed by atoms with E-state index in [2.05, 4.69) is 10.5 Å². The number of carbonyl (C=O) groups is 1. The van der Waals surface area contributed by atoms with E-state index in [0.29, 0.717) is 24.5 Å². The predicted molar refractivity (Wildman–Crippen MR) is 85.7 cm³/mol. The number of hydrogen-bond acceptors (Lipinski definition) is 5. The van der Waals surface area contributed by atoms with Crippen molar-refractivity contribution in [1.29, 1.82) is 0 Å². The highest BCUT2D eigenvalue weighted by Gasteiger charge is 2.20. The van der Waals surface area contributed by atoms with Crippen LogP contribution in [0.1, 0.15) is 32.9 Å². The van der Waals surface area contributed by atoms with E-state index < -0.39 is 0 Å². The van der Waals surface area contributed by atoms with Crippen LogP contribution < -0.4 is 10.1 Å². The lowest BCUT2D eigenvalue weighted by Crippen LogP contribution is -2.28. The highest BCUT2D eigenvalue weighted by molar-refractivity contribution is 5.93. The molecule has 6 heteroatoms. The topological polar surface area (TPSA) is 73.6 Å². The molecule has 124 valence electrons. The summed E-state index contributed by atoms with van der Waals surface area (Å²) in [5, 5.41) is 6.58. The lowest BCUT2D eigenvalue weighted by Gasteiger charge is -2.12. The second-order valence-electron chi connectivity index (χ2n) is 5.32. The number of para-hydroxylation sites is 1. The van der Waals surface area contributed by atoms with Crippen molar-refractivity contribution >= 4 is 5.91 Å². The number of hydrogen-bond donors (Lipinski definition) is 1. The summed E-state index contributed by atoms with van der Waals surface area (Å²) in [6.07, 6.45) is 0. The van der Waals surface area contributed by atoms with Gasteiger partial charge in [0, 0.05) is 13.7 Å². The van der Waals surface area contributed by atoms with Gasteiger partial charge in [0.2, 0.25) is 0 Å². The van der Waals surface area contributed by atoms with Gasteiger partial charge < -0.3 is 19.3 Å². The molecule has 1 amide bonds. The summed E-state index contributed by atoms with van der Waals surface area (Å²) in [4.78, 5) is 12.2. The van der Waals surface area contributed by atoms with Crippen LogP contribution in [0.5, 0.6) is 5.75 Å². The van der Waals surface area contributed by atoms with Crippen LogP contribution in [0.2, 0.25) is 0 Å². The minimum Gasteiger partial charge on any atom is -0.488 e. The van der Waals surface area contributed by atoms with Crippen LogP contribution >= 0.6 is 0 Å². The van der Waals surface area contributed by atoms with Crippen molar-refractivity contribution in [2.45, 2.75) is 27.4 Å². The first kappa shape index (κ1) is 17.0. The Morgan fingerprint density at radius 3 is 2.61 bits per heavy atom. The normalized spacial score (nSPS) is 10.6. The summed E-state index contributed by atoms with van der Waals surface area (Å²) in [5.74, 6) is 1.10. The van der Waals surface area contributed by atoms with E-state index >= 15 is 0 Å².